The minimum atomic E-state index is 0.524. The van der Waals surface area contributed by atoms with Crippen molar-refractivity contribution in [2.24, 2.45) is 0 Å². The summed E-state index contributed by atoms with van der Waals surface area (Å²) in [6.07, 6.45) is 0.823. The number of para-hydroxylation sites is 1. The zero-order valence-electron chi connectivity index (χ0n) is 11.7. The first kappa shape index (κ1) is 14.1. The molecule has 0 fully saturated rings. The third-order valence-corrected chi connectivity index (χ3v) is 2.96. The van der Waals surface area contributed by atoms with Gasteiger partial charge in [-0.15, -0.1) is 0 Å². The van der Waals surface area contributed by atoms with Gasteiger partial charge < -0.3 is 20.5 Å². The Morgan fingerprint density at radius 1 is 1.15 bits per heavy atom. The molecule has 1 heterocycles. The molecule has 1 aromatic carbocycles. The molecule has 0 aliphatic heterocycles. The van der Waals surface area contributed by atoms with Crippen LogP contribution in [0.25, 0.3) is 0 Å². The molecule has 5 heteroatoms. The molecule has 2 aromatic rings. The maximum atomic E-state index is 5.94. The Labute approximate surface area is 118 Å². The van der Waals surface area contributed by atoms with Gasteiger partial charge >= 0.3 is 0 Å². The van der Waals surface area contributed by atoms with Crippen molar-refractivity contribution in [2.75, 3.05) is 31.9 Å². The molecule has 20 heavy (non-hydrogen) atoms. The number of methoxy groups -OCH3 is 2. The van der Waals surface area contributed by atoms with Crippen molar-refractivity contribution >= 4 is 17.2 Å². The van der Waals surface area contributed by atoms with E-state index in [1.807, 2.05) is 18.2 Å². The van der Waals surface area contributed by atoms with Crippen molar-refractivity contribution < 1.29 is 9.47 Å². The molecule has 0 unspecified atom stereocenters. The Morgan fingerprint density at radius 3 is 2.70 bits per heavy atom. The van der Waals surface area contributed by atoms with Crippen molar-refractivity contribution in [2.45, 2.75) is 6.42 Å². The number of pyridine rings is 1. The van der Waals surface area contributed by atoms with Crippen LogP contribution in [0.4, 0.5) is 17.2 Å². The molecule has 3 N–H and O–H groups in total. The van der Waals surface area contributed by atoms with Crippen LogP contribution >= 0.6 is 0 Å². The summed E-state index contributed by atoms with van der Waals surface area (Å²) < 4.78 is 10.2. The lowest BCUT2D eigenvalue weighted by Crippen LogP contribution is -2.04. The Bertz CT molecular complexity index is 573. The second-order valence-electron chi connectivity index (χ2n) is 4.32. The van der Waals surface area contributed by atoms with Gasteiger partial charge in [-0.25, -0.2) is 0 Å². The van der Waals surface area contributed by atoms with Gasteiger partial charge in [0.15, 0.2) is 5.82 Å². The number of nitrogen functional groups attached to an aromatic ring is 1. The summed E-state index contributed by atoms with van der Waals surface area (Å²) in [7, 11) is 3.27. The summed E-state index contributed by atoms with van der Waals surface area (Å²) in [5.74, 6) is 1.12. The third-order valence-electron chi connectivity index (χ3n) is 2.96. The van der Waals surface area contributed by atoms with Crippen molar-refractivity contribution in [1.82, 2.24) is 4.98 Å². The molecule has 0 aliphatic rings. The van der Waals surface area contributed by atoms with E-state index in [0.717, 1.165) is 17.7 Å². The number of nitrogens with zero attached hydrogens (tertiary/aromatic N) is 1. The van der Waals surface area contributed by atoms with Crippen LogP contribution in [0, 0.1) is 0 Å². The van der Waals surface area contributed by atoms with Crippen LogP contribution in [0.1, 0.15) is 5.56 Å². The largest absolute Gasteiger partial charge is 0.481 e. The summed E-state index contributed by atoms with van der Waals surface area (Å²) in [6, 6.07) is 11.5. The smallest absolute Gasteiger partial charge is 0.215 e. The van der Waals surface area contributed by atoms with E-state index in [1.54, 1.807) is 26.4 Å². The highest BCUT2D eigenvalue weighted by Crippen LogP contribution is 2.26. The second-order valence-corrected chi connectivity index (χ2v) is 4.32. The van der Waals surface area contributed by atoms with Crippen molar-refractivity contribution in [3.8, 4) is 5.88 Å². The standard InChI is InChI=1S/C15H19N3O2/c1-19-10-9-11-5-3-4-6-13(11)17-15-12(16)7-8-14(18-15)20-2/h3-8H,9-10,16H2,1-2H3,(H,17,18). The van der Waals surface area contributed by atoms with Gasteiger partial charge in [0.2, 0.25) is 5.88 Å². The van der Waals surface area contributed by atoms with E-state index in [4.69, 9.17) is 15.2 Å². The van der Waals surface area contributed by atoms with Crippen molar-refractivity contribution in [3.63, 3.8) is 0 Å². The van der Waals surface area contributed by atoms with Crippen LogP contribution in [0.3, 0.4) is 0 Å². The quantitative estimate of drug-likeness (QED) is 0.846. The fraction of sp³-hybridized carbons (Fsp3) is 0.267. The number of nitrogens with two attached hydrogens (primary N) is 1. The number of nitrogens with one attached hydrogen (secondary N) is 1. The molecule has 0 atom stereocenters. The molecule has 0 aliphatic carbocycles. The minimum absolute atomic E-state index is 0.524. The molecule has 1 aromatic heterocycles. The molecule has 2 rings (SSSR count). The average Bonchev–Trinajstić information content (AvgIpc) is 2.48. The molecule has 0 saturated heterocycles. The predicted octanol–water partition coefficient (Wildman–Crippen LogP) is 2.60. The normalized spacial score (nSPS) is 10.3. The lowest BCUT2D eigenvalue weighted by Gasteiger charge is -2.13. The van der Waals surface area contributed by atoms with E-state index in [2.05, 4.69) is 16.4 Å². The van der Waals surface area contributed by atoms with Gasteiger partial charge in [0.05, 0.1) is 19.4 Å². The molecular formula is C15H19N3O2. The van der Waals surface area contributed by atoms with Gasteiger partial charge in [-0.3, -0.25) is 0 Å². The van der Waals surface area contributed by atoms with Crippen LogP contribution in [0.15, 0.2) is 36.4 Å². The Balaban J connectivity index is 2.25. The SMILES string of the molecule is COCCc1ccccc1Nc1nc(OC)ccc1N. The first-order valence-corrected chi connectivity index (χ1v) is 6.39. The molecule has 0 saturated carbocycles. The summed E-state index contributed by atoms with van der Waals surface area (Å²) in [6.45, 7) is 0.666. The van der Waals surface area contributed by atoms with Crippen LogP contribution in [0.2, 0.25) is 0 Å². The van der Waals surface area contributed by atoms with Crippen LogP contribution < -0.4 is 15.8 Å². The van der Waals surface area contributed by atoms with Crippen molar-refractivity contribution in [3.05, 3.63) is 42.0 Å². The fourth-order valence-electron chi connectivity index (χ4n) is 1.87. The number of hydrogen-bond donors (Lipinski definition) is 2. The van der Waals surface area contributed by atoms with E-state index in [-0.39, 0.29) is 0 Å². The Kier molecular flexibility index (Phi) is 4.79. The molecule has 0 amide bonds. The first-order valence-electron chi connectivity index (χ1n) is 6.39. The van der Waals surface area contributed by atoms with Crippen molar-refractivity contribution in [1.29, 1.82) is 0 Å². The van der Waals surface area contributed by atoms with Gasteiger partial charge in [-0.2, -0.15) is 4.98 Å². The fourth-order valence-corrected chi connectivity index (χ4v) is 1.87. The number of aromatic nitrogens is 1. The van der Waals surface area contributed by atoms with E-state index in [1.165, 1.54) is 0 Å². The van der Waals surface area contributed by atoms with Gasteiger partial charge in [0.25, 0.3) is 0 Å². The monoisotopic (exact) mass is 273 g/mol. The number of anilines is 3. The summed E-state index contributed by atoms with van der Waals surface area (Å²) in [5.41, 5.74) is 8.63. The summed E-state index contributed by atoms with van der Waals surface area (Å²) >= 11 is 0. The van der Waals surface area contributed by atoms with Gasteiger partial charge in [-0.1, -0.05) is 18.2 Å². The number of rotatable bonds is 6. The topological polar surface area (TPSA) is 69.4 Å². The van der Waals surface area contributed by atoms with Crippen LogP contribution in [0.5, 0.6) is 5.88 Å². The van der Waals surface area contributed by atoms with E-state index in [0.29, 0.717) is 24.0 Å². The number of hydrogen-bond acceptors (Lipinski definition) is 5. The van der Waals surface area contributed by atoms with Crippen LogP contribution in [-0.4, -0.2) is 25.8 Å². The molecule has 0 spiro atoms. The summed E-state index contributed by atoms with van der Waals surface area (Å²) in [4.78, 5) is 4.32. The zero-order valence-corrected chi connectivity index (χ0v) is 11.7. The van der Waals surface area contributed by atoms with Crippen LogP contribution in [-0.2, 0) is 11.2 Å². The van der Waals surface area contributed by atoms with Gasteiger partial charge in [-0.05, 0) is 24.1 Å². The lowest BCUT2D eigenvalue weighted by molar-refractivity contribution is 0.202. The number of benzene rings is 1. The average molecular weight is 273 g/mol. The first-order chi connectivity index (χ1) is 9.74. The highest BCUT2D eigenvalue weighted by atomic mass is 16.5. The van der Waals surface area contributed by atoms with Gasteiger partial charge in [0.1, 0.15) is 0 Å². The molecule has 0 radical (unpaired) electrons. The van der Waals surface area contributed by atoms with E-state index in [9.17, 15) is 0 Å². The third kappa shape index (κ3) is 3.39. The molecular weight excluding hydrogens is 254 g/mol. The van der Waals surface area contributed by atoms with E-state index >= 15 is 0 Å². The lowest BCUT2D eigenvalue weighted by atomic mass is 10.1. The number of ether oxygens (including phenoxy) is 2. The molecule has 106 valence electrons. The Hall–Kier alpha value is -2.27. The highest BCUT2D eigenvalue weighted by Gasteiger charge is 2.07. The van der Waals surface area contributed by atoms with E-state index < -0.39 is 0 Å². The second kappa shape index (κ2) is 6.77. The zero-order chi connectivity index (χ0) is 14.4. The Morgan fingerprint density at radius 2 is 1.95 bits per heavy atom. The van der Waals surface area contributed by atoms with Gasteiger partial charge in [0, 0.05) is 18.9 Å². The summed E-state index contributed by atoms with van der Waals surface area (Å²) in [5, 5.41) is 3.25. The highest BCUT2D eigenvalue weighted by molar-refractivity contribution is 5.70. The maximum Gasteiger partial charge on any atom is 0.215 e. The maximum absolute atomic E-state index is 5.94. The molecule has 0 bridgehead atoms. The predicted molar refractivity (Wildman–Crippen MR) is 80.5 cm³/mol. The minimum Gasteiger partial charge on any atom is -0.481 e. The molecule has 5 nitrogen and oxygen atoms in total.